The average molecular weight is 455 g/mol. The van der Waals surface area contributed by atoms with Crippen LogP contribution in [0.1, 0.15) is 5.56 Å². The molecule has 0 amide bonds. The number of rotatable bonds is 6. The summed E-state index contributed by atoms with van der Waals surface area (Å²) >= 11 is 0. The Bertz CT molecular complexity index is 1220. The molecule has 10 heteroatoms. The minimum absolute atomic E-state index is 0.177. The van der Waals surface area contributed by atoms with Gasteiger partial charge in [0, 0.05) is 11.1 Å². The lowest BCUT2D eigenvalue weighted by Gasteiger charge is -2.18. The number of sulfonamides is 1. The van der Waals surface area contributed by atoms with Gasteiger partial charge in [0.25, 0.3) is 10.0 Å². The van der Waals surface area contributed by atoms with E-state index in [4.69, 9.17) is 9.47 Å². The number of halogens is 4. The first-order valence-electron chi connectivity index (χ1n) is 8.79. The van der Waals surface area contributed by atoms with Gasteiger partial charge in [0.15, 0.2) is 23.3 Å². The van der Waals surface area contributed by atoms with Gasteiger partial charge in [-0.05, 0) is 36.8 Å². The number of methoxy groups -OCH3 is 2. The summed E-state index contributed by atoms with van der Waals surface area (Å²) in [6.45, 7) is 1.63. The van der Waals surface area contributed by atoms with E-state index in [1.165, 1.54) is 50.6 Å². The van der Waals surface area contributed by atoms with E-state index in [1.807, 2.05) is 4.72 Å². The third-order valence-electron chi connectivity index (χ3n) is 4.60. The number of nitrogens with one attached hydrogen (secondary N) is 1. The second kappa shape index (κ2) is 8.46. The second-order valence-corrected chi connectivity index (χ2v) is 8.11. The van der Waals surface area contributed by atoms with E-state index in [0.717, 1.165) is 0 Å². The molecule has 0 saturated carbocycles. The van der Waals surface area contributed by atoms with Crippen LogP contribution in [0, 0.1) is 30.2 Å². The predicted molar refractivity (Wildman–Crippen MR) is 107 cm³/mol. The summed E-state index contributed by atoms with van der Waals surface area (Å²) in [6, 6.07) is 9.23. The maximum atomic E-state index is 14.8. The molecule has 0 atom stereocenters. The van der Waals surface area contributed by atoms with Gasteiger partial charge in [0.1, 0.15) is 11.5 Å². The zero-order valence-corrected chi connectivity index (χ0v) is 17.4. The maximum absolute atomic E-state index is 14.8. The number of anilines is 1. The van der Waals surface area contributed by atoms with E-state index in [0.29, 0.717) is 5.56 Å². The van der Waals surface area contributed by atoms with Crippen LogP contribution in [0.3, 0.4) is 0 Å². The van der Waals surface area contributed by atoms with Gasteiger partial charge < -0.3 is 9.47 Å². The van der Waals surface area contributed by atoms with Gasteiger partial charge in [-0.3, -0.25) is 4.72 Å². The quantitative estimate of drug-likeness (QED) is 0.322. The molecule has 0 aliphatic carbocycles. The Morgan fingerprint density at radius 2 is 1.32 bits per heavy atom. The topological polar surface area (TPSA) is 64.6 Å². The molecule has 3 aromatic rings. The Balaban J connectivity index is 2.32. The van der Waals surface area contributed by atoms with Crippen LogP contribution in [-0.4, -0.2) is 22.6 Å². The maximum Gasteiger partial charge on any atom is 0.262 e. The summed E-state index contributed by atoms with van der Waals surface area (Å²) in [5.74, 6) is -7.57. The van der Waals surface area contributed by atoms with Crippen LogP contribution >= 0.6 is 0 Å². The lowest BCUT2D eigenvalue weighted by molar-refractivity contribution is 0.389. The largest absolute Gasteiger partial charge is 0.496 e. The van der Waals surface area contributed by atoms with Crippen LogP contribution in [0.5, 0.6) is 11.5 Å². The van der Waals surface area contributed by atoms with Crippen LogP contribution in [-0.2, 0) is 10.0 Å². The monoisotopic (exact) mass is 455 g/mol. The first-order valence-corrected chi connectivity index (χ1v) is 10.3. The molecule has 0 unspecified atom stereocenters. The van der Waals surface area contributed by atoms with Crippen molar-refractivity contribution in [2.75, 3.05) is 18.9 Å². The number of ether oxygens (including phenoxy) is 2. The third kappa shape index (κ3) is 4.02. The molecular formula is C21H17F4NO4S. The van der Waals surface area contributed by atoms with Crippen molar-refractivity contribution in [2.45, 2.75) is 11.8 Å². The molecule has 5 nitrogen and oxygen atoms in total. The van der Waals surface area contributed by atoms with Crippen LogP contribution in [0.25, 0.3) is 11.1 Å². The van der Waals surface area contributed by atoms with Crippen LogP contribution in [0.15, 0.2) is 47.4 Å². The molecule has 0 aliphatic rings. The van der Waals surface area contributed by atoms with Gasteiger partial charge in [0.05, 0.1) is 24.8 Å². The van der Waals surface area contributed by atoms with Gasteiger partial charge in [-0.25, -0.2) is 26.0 Å². The van der Waals surface area contributed by atoms with Crippen molar-refractivity contribution < 1.29 is 35.5 Å². The fourth-order valence-electron chi connectivity index (χ4n) is 3.02. The molecule has 3 rings (SSSR count). The zero-order valence-electron chi connectivity index (χ0n) is 16.6. The summed E-state index contributed by atoms with van der Waals surface area (Å²) in [4.78, 5) is -0.287. The van der Waals surface area contributed by atoms with E-state index in [9.17, 15) is 26.0 Å². The van der Waals surface area contributed by atoms with E-state index in [1.54, 1.807) is 13.0 Å². The first kappa shape index (κ1) is 22.4. The molecule has 0 bridgehead atoms. The lowest BCUT2D eigenvalue weighted by Crippen LogP contribution is -2.17. The van der Waals surface area contributed by atoms with E-state index in [-0.39, 0.29) is 22.0 Å². The lowest BCUT2D eigenvalue weighted by atomic mass is 9.99. The van der Waals surface area contributed by atoms with Crippen molar-refractivity contribution in [1.82, 2.24) is 0 Å². The normalized spacial score (nSPS) is 11.3. The van der Waals surface area contributed by atoms with Gasteiger partial charge in [-0.2, -0.15) is 0 Å². The average Bonchev–Trinajstić information content (AvgIpc) is 2.77. The summed E-state index contributed by atoms with van der Waals surface area (Å²) < 4.78 is 95.2. The Labute approximate surface area is 176 Å². The highest BCUT2D eigenvalue weighted by molar-refractivity contribution is 7.92. The fourth-order valence-corrected chi connectivity index (χ4v) is 4.12. The van der Waals surface area contributed by atoms with Crippen molar-refractivity contribution in [2.24, 2.45) is 0 Å². The smallest absolute Gasteiger partial charge is 0.262 e. The number of hydrogen-bond acceptors (Lipinski definition) is 4. The van der Waals surface area contributed by atoms with Crippen molar-refractivity contribution in [1.29, 1.82) is 0 Å². The van der Waals surface area contributed by atoms with E-state index < -0.39 is 44.5 Å². The molecule has 0 saturated heterocycles. The molecule has 1 N–H and O–H groups in total. The van der Waals surface area contributed by atoms with Crippen LogP contribution < -0.4 is 14.2 Å². The highest BCUT2D eigenvalue weighted by atomic mass is 32.2. The Hall–Kier alpha value is -3.27. The zero-order chi connectivity index (χ0) is 22.9. The summed E-state index contributed by atoms with van der Waals surface area (Å²) in [6.07, 6.45) is 0. The molecule has 3 aromatic carbocycles. The number of hydrogen-bond donors (Lipinski definition) is 1. The molecule has 164 valence electrons. The standard InChI is InChI=1S/C21H17F4NO4S/c1-11-14(29-2)9-12(10-15(11)30-3)16-17(22)18(23)19(24)20(25)21(16)26-31(27,28)13-7-5-4-6-8-13/h4-10,26H,1-3H3. The molecular weight excluding hydrogens is 438 g/mol. The summed E-state index contributed by atoms with van der Waals surface area (Å²) in [5, 5.41) is 0. The van der Waals surface area contributed by atoms with Crippen molar-refractivity contribution in [3.05, 3.63) is 71.3 Å². The SMILES string of the molecule is COc1cc(-c2c(F)c(F)c(F)c(F)c2NS(=O)(=O)c2ccccc2)cc(OC)c1C. The molecule has 31 heavy (non-hydrogen) atoms. The van der Waals surface area contributed by atoms with Gasteiger partial charge in [-0.15, -0.1) is 0 Å². The molecule has 0 spiro atoms. The summed E-state index contributed by atoms with van der Waals surface area (Å²) in [5.41, 5.74) is -1.62. The van der Waals surface area contributed by atoms with Gasteiger partial charge in [-0.1, -0.05) is 18.2 Å². The van der Waals surface area contributed by atoms with Gasteiger partial charge in [0.2, 0.25) is 0 Å². The van der Waals surface area contributed by atoms with Crippen molar-refractivity contribution in [3.8, 4) is 22.6 Å². The Kier molecular flexibility index (Phi) is 6.12. The van der Waals surface area contributed by atoms with Gasteiger partial charge >= 0.3 is 0 Å². The predicted octanol–water partition coefficient (Wildman–Crippen LogP) is 5.04. The molecule has 0 heterocycles. The first-order chi connectivity index (χ1) is 14.6. The molecule has 0 aliphatic heterocycles. The third-order valence-corrected chi connectivity index (χ3v) is 5.96. The molecule has 0 radical (unpaired) electrons. The van der Waals surface area contributed by atoms with E-state index in [2.05, 4.69) is 0 Å². The Morgan fingerprint density at radius 3 is 1.84 bits per heavy atom. The highest BCUT2D eigenvalue weighted by Gasteiger charge is 2.30. The number of benzene rings is 3. The molecule has 0 aromatic heterocycles. The minimum atomic E-state index is -4.46. The van der Waals surface area contributed by atoms with Crippen molar-refractivity contribution >= 4 is 15.7 Å². The fraction of sp³-hybridized carbons (Fsp3) is 0.143. The van der Waals surface area contributed by atoms with Crippen molar-refractivity contribution in [3.63, 3.8) is 0 Å². The van der Waals surface area contributed by atoms with Crippen LogP contribution in [0.2, 0.25) is 0 Å². The summed E-state index contributed by atoms with van der Waals surface area (Å²) in [7, 11) is -1.84. The van der Waals surface area contributed by atoms with Crippen LogP contribution in [0.4, 0.5) is 23.2 Å². The van der Waals surface area contributed by atoms with E-state index >= 15 is 0 Å². The minimum Gasteiger partial charge on any atom is -0.496 e. The second-order valence-electron chi connectivity index (χ2n) is 6.43. The highest BCUT2D eigenvalue weighted by Crippen LogP contribution is 2.41. The molecule has 0 fully saturated rings. The Morgan fingerprint density at radius 1 is 0.806 bits per heavy atom.